The molecule has 1 fully saturated rings. The van der Waals surface area contributed by atoms with Crippen molar-refractivity contribution in [1.82, 2.24) is 20.0 Å². The van der Waals surface area contributed by atoms with E-state index in [9.17, 15) is 4.79 Å². The smallest absolute Gasteiger partial charge is 0.274 e. The summed E-state index contributed by atoms with van der Waals surface area (Å²) in [5.74, 6) is -0.160. The molecule has 106 valence electrons. The van der Waals surface area contributed by atoms with Crippen molar-refractivity contribution in [1.29, 1.82) is 0 Å². The van der Waals surface area contributed by atoms with Gasteiger partial charge in [0, 0.05) is 25.3 Å². The number of carbonyl (C=O) groups is 1. The maximum absolute atomic E-state index is 12.2. The molecule has 1 aromatic rings. The van der Waals surface area contributed by atoms with Gasteiger partial charge in [0.15, 0.2) is 5.69 Å². The Morgan fingerprint density at radius 1 is 1.53 bits per heavy atom. The van der Waals surface area contributed by atoms with E-state index in [4.69, 9.17) is 5.73 Å². The van der Waals surface area contributed by atoms with Crippen LogP contribution in [0.3, 0.4) is 0 Å². The van der Waals surface area contributed by atoms with E-state index >= 15 is 0 Å². The SMILES string of the molecule is CCN1CCCC(NC(=O)c2nn(CC)cc2N)C1. The fraction of sp³-hybridized carbons (Fsp3) is 0.692. The minimum absolute atomic E-state index is 0.160. The number of hydrogen-bond acceptors (Lipinski definition) is 4. The molecule has 6 heteroatoms. The third kappa shape index (κ3) is 3.26. The van der Waals surface area contributed by atoms with Crippen LogP contribution in [0.15, 0.2) is 6.20 Å². The van der Waals surface area contributed by atoms with Crippen LogP contribution in [0, 0.1) is 0 Å². The molecule has 2 heterocycles. The third-order valence-electron chi connectivity index (χ3n) is 3.62. The predicted molar refractivity (Wildman–Crippen MR) is 74.9 cm³/mol. The Bertz CT molecular complexity index is 442. The lowest BCUT2D eigenvalue weighted by atomic mass is 10.1. The van der Waals surface area contributed by atoms with Crippen LogP contribution in [0.25, 0.3) is 0 Å². The molecule has 0 saturated carbocycles. The molecule has 3 N–H and O–H groups in total. The van der Waals surface area contributed by atoms with Gasteiger partial charge in [-0.1, -0.05) is 6.92 Å². The number of likely N-dealkylation sites (tertiary alicyclic amines) is 1. The maximum Gasteiger partial charge on any atom is 0.274 e. The van der Waals surface area contributed by atoms with Crippen molar-refractivity contribution in [3.63, 3.8) is 0 Å². The topological polar surface area (TPSA) is 76.2 Å². The largest absolute Gasteiger partial charge is 0.396 e. The van der Waals surface area contributed by atoms with Gasteiger partial charge in [-0.15, -0.1) is 0 Å². The molecule has 0 aliphatic carbocycles. The van der Waals surface area contributed by atoms with E-state index < -0.39 is 0 Å². The highest BCUT2D eigenvalue weighted by Gasteiger charge is 2.23. The first-order valence-electron chi connectivity index (χ1n) is 7.00. The zero-order chi connectivity index (χ0) is 13.8. The van der Waals surface area contributed by atoms with Crippen LogP contribution in [0.1, 0.15) is 37.2 Å². The number of nitrogens with one attached hydrogen (secondary N) is 1. The van der Waals surface area contributed by atoms with Crippen LogP contribution in [-0.4, -0.2) is 46.3 Å². The molecule has 1 aliphatic heterocycles. The zero-order valence-electron chi connectivity index (χ0n) is 11.7. The third-order valence-corrected chi connectivity index (χ3v) is 3.62. The van der Waals surface area contributed by atoms with Crippen molar-refractivity contribution in [3.05, 3.63) is 11.9 Å². The number of nitrogens with two attached hydrogens (primary N) is 1. The fourth-order valence-corrected chi connectivity index (χ4v) is 2.49. The van der Waals surface area contributed by atoms with Gasteiger partial charge in [-0.2, -0.15) is 5.10 Å². The van der Waals surface area contributed by atoms with E-state index in [1.807, 2.05) is 6.92 Å². The Labute approximate surface area is 113 Å². The first kappa shape index (κ1) is 13.9. The molecule has 1 atom stereocenters. The standard InChI is InChI=1S/C13H23N5O/c1-3-17-7-5-6-10(8-17)15-13(19)12-11(14)9-18(4-2)16-12/h9-10H,3-8,14H2,1-2H3,(H,15,19). The van der Waals surface area contributed by atoms with Gasteiger partial charge in [-0.05, 0) is 32.9 Å². The molecule has 0 spiro atoms. The molecule has 19 heavy (non-hydrogen) atoms. The van der Waals surface area contributed by atoms with Gasteiger partial charge in [-0.25, -0.2) is 0 Å². The first-order chi connectivity index (χ1) is 9.13. The number of anilines is 1. The molecule has 2 rings (SSSR count). The molecule has 0 bridgehead atoms. The molecule has 0 radical (unpaired) electrons. The number of piperidine rings is 1. The summed E-state index contributed by atoms with van der Waals surface area (Å²) in [5, 5.41) is 7.24. The van der Waals surface area contributed by atoms with Crippen LogP contribution < -0.4 is 11.1 Å². The molecule has 6 nitrogen and oxygen atoms in total. The van der Waals surface area contributed by atoms with E-state index in [-0.39, 0.29) is 11.9 Å². The second kappa shape index (κ2) is 6.06. The highest BCUT2D eigenvalue weighted by atomic mass is 16.2. The molecule has 1 unspecified atom stereocenters. The number of rotatable bonds is 4. The normalized spacial score (nSPS) is 20.4. The number of carbonyl (C=O) groups excluding carboxylic acids is 1. The van der Waals surface area contributed by atoms with E-state index in [1.54, 1.807) is 10.9 Å². The van der Waals surface area contributed by atoms with Crippen molar-refractivity contribution >= 4 is 11.6 Å². The van der Waals surface area contributed by atoms with Crippen LogP contribution in [0.5, 0.6) is 0 Å². The van der Waals surface area contributed by atoms with Crippen LogP contribution >= 0.6 is 0 Å². The first-order valence-corrected chi connectivity index (χ1v) is 7.00. The summed E-state index contributed by atoms with van der Waals surface area (Å²) >= 11 is 0. The van der Waals surface area contributed by atoms with Crippen molar-refractivity contribution < 1.29 is 4.79 Å². The molecule has 1 amide bonds. The Morgan fingerprint density at radius 2 is 2.32 bits per heavy atom. The van der Waals surface area contributed by atoms with Crippen LogP contribution in [0.4, 0.5) is 5.69 Å². The highest BCUT2D eigenvalue weighted by Crippen LogP contribution is 2.13. The monoisotopic (exact) mass is 265 g/mol. The molecule has 1 aliphatic rings. The summed E-state index contributed by atoms with van der Waals surface area (Å²) in [6.45, 7) is 7.88. The second-order valence-corrected chi connectivity index (χ2v) is 4.99. The lowest BCUT2D eigenvalue weighted by molar-refractivity contribution is 0.0901. The average molecular weight is 265 g/mol. The summed E-state index contributed by atoms with van der Waals surface area (Å²) in [6.07, 6.45) is 3.85. The van der Waals surface area contributed by atoms with Crippen LogP contribution in [-0.2, 0) is 6.54 Å². The van der Waals surface area contributed by atoms with Crippen LogP contribution in [0.2, 0.25) is 0 Å². The van der Waals surface area contributed by atoms with Gasteiger partial charge >= 0.3 is 0 Å². The number of hydrogen-bond donors (Lipinski definition) is 2. The Balaban J connectivity index is 1.98. The summed E-state index contributed by atoms with van der Waals surface area (Å²) in [5.41, 5.74) is 6.61. The lowest BCUT2D eigenvalue weighted by Gasteiger charge is -2.32. The molecular weight excluding hydrogens is 242 g/mol. The molecule has 0 aromatic carbocycles. The molecular formula is C13H23N5O. The zero-order valence-corrected chi connectivity index (χ0v) is 11.7. The second-order valence-electron chi connectivity index (χ2n) is 4.99. The number of likely N-dealkylation sites (N-methyl/N-ethyl adjacent to an activating group) is 1. The van der Waals surface area contributed by atoms with Gasteiger partial charge in [0.1, 0.15) is 0 Å². The summed E-state index contributed by atoms with van der Waals surface area (Å²) < 4.78 is 1.68. The van der Waals surface area contributed by atoms with Gasteiger partial charge < -0.3 is 16.0 Å². The summed E-state index contributed by atoms with van der Waals surface area (Å²) in [4.78, 5) is 14.5. The number of nitrogens with zero attached hydrogens (tertiary/aromatic N) is 3. The highest BCUT2D eigenvalue weighted by molar-refractivity contribution is 5.97. The quantitative estimate of drug-likeness (QED) is 0.840. The van der Waals surface area contributed by atoms with Gasteiger partial charge in [-0.3, -0.25) is 9.48 Å². The van der Waals surface area contributed by atoms with Crippen molar-refractivity contribution in [2.75, 3.05) is 25.4 Å². The van der Waals surface area contributed by atoms with Gasteiger partial charge in [0.2, 0.25) is 0 Å². The minimum Gasteiger partial charge on any atom is -0.396 e. The molecule has 1 saturated heterocycles. The fourth-order valence-electron chi connectivity index (χ4n) is 2.49. The Hall–Kier alpha value is -1.56. The number of amides is 1. The van der Waals surface area contributed by atoms with Crippen molar-refractivity contribution in [3.8, 4) is 0 Å². The minimum atomic E-state index is -0.160. The van der Waals surface area contributed by atoms with E-state index in [0.29, 0.717) is 17.9 Å². The molecule has 1 aromatic heterocycles. The lowest BCUT2D eigenvalue weighted by Crippen LogP contribution is -2.47. The number of aromatic nitrogens is 2. The predicted octanol–water partition coefficient (Wildman–Crippen LogP) is 0.699. The number of aryl methyl sites for hydroxylation is 1. The van der Waals surface area contributed by atoms with Crippen molar-refractivity contribution in [2.24, 2.45) is 0 Å². The summed E-state index contributed by atoms with van der Waals surface area (Å²) in [7, 11) is 0. The Kier molecular flexibility index (Phi) is 4.42. The van der Waals surface area contributed by atoms with E-state index in [0.717, 1.165) is 32.5 Å². The van der Waals surface area contributed by atoms with E-state index in [1.165, 1.54) is 0 Å². The Morgan fingerprint density at radius 3 is 2.95 bits per heavy atom. The number of nitrogen functional groups attached to an aromatic ring is 1. The van der Waals surface area contributed by atoms with Gasteiger partial charge in [0.05, 0.1) is 5.69 Å². The maximum atomic E-state index is 12.2. The van der Waals surface area contributed by atoms with Gasteiger partial charge in [0.25, 0.3) is 5.91 Å². The van der Waals surface area contributed by atoms with E-state index in [2.05, 4.69) is 22.2 Å². The average Bonchev–Trinajstić information content (AvgIpc) is 2.80. The summed E-state index contributed by atoms with van der Waals surface area (Å²) in [6, 6.07) is 0.201. The van der Waals surface area contributed by atoms with Crippen molar-refractivity contribution in [2.45, 2.75) is 39.3 Å².